The van der Waals surface area contributed by atoms with Gasteiger partial charge in [-0.3, -0.25) is 8.89 Å². The summed E-state index contributed by atoms with van der Waals surface area (Å²) in [4.78, 5) is 0. The molecule has 1 aromatic rings. The maximum Gasteiger partial charge on any atom is 0.0749 e. The first-order valence-corrected chi connectivity index (χ1v) is 7.78. The molecule has 0 saturated heterocycles. The molecule has 1 saturated carbocycles. The van der Waals surface area contributed by atoms with Crippen molar-refractivity contribution in [3.05, 3.63) is 18.0 Å². The smallest absolute Gasteiger partial charge is 0.0749 e. The van der Waals surface area contributed by atoms with Crippen molar-refractivity contribution in [2.45, 2.75) is 50.4 Å². The van der Waals surface area contributed by atoms with Crippen molar-refractivity contribution < 1.29 is 4.21 Å². The van der Waals surface area contributed by atoms with Crippen LogP contribution in [0.5, 0.6) is 0 Å². The normalized spacial score (nSPS) is 20.6. The highest BCUT2D eigenvalue weighted by atomic mass is 32.2. The van der Waals surface area contributed by atoms with E-state index in [4.69, 9.17) is 5.73 Å². The van der Waals surface area contributed by atoms with Crippen LogP contribution in [0.25, 0.3) is 0 Å². The van der Waals surface area contributed by atoms with Crippen molar-refractivity contribution in [2.24, 2.45) is 5.73 Å². The topological polar surface area (TPSA) is 60.9 Å². The lowest BCUT2D eigenvalue weighted by atomic mass is 10.3. The molecule has 1 heterocycles. The summed E-state index contributed by atoms with van der Waals surface area (Å²) in [6, 6.07) is 2.54. The van der Waals surface area contributed by atoms with E-state index in [1.54, 1.807) is 0 Å². The summed E-state index contributed by atoms with van der Waals surface area (Å²) < 4.78 is 13.8. The lowest BCUT2D eigenvalue weighted by Crippen LogP contribution is -2.23. The molecule has 0 aromatic carbocycles. The van der Waals surface area contributed by atoms with Gasteiger partial charge in [-0.1, -0.05) is 12.8 Å². The monoisotopic (exact) mass is 255 g/mol. The van der Waals surface area contributed by atoms with Crippen molar-refractivity contribution in [1.82, 2.24) is 9.78 Å². The van der Waals surface area contributed by atoms with Crippen molar-refractivity contribution in [3.63, 3.8) is 0 Å². The molecule has 96 valence electrons. The molecule has 1 aliphatic rings. The Hall–Kier alpha value is -0.680. The zero-order chi connectivity index (χ0) is 12.3. The van der Waals surface area contributed by atoms with E-state index in [0.717, 1.165) is 5.69 Å². The predicted octanol–water partition coefficient (Wildman–Crippen LogP) is 1.59. The van der Waals surface area contributed by atoms with E-state index in [2.05, 4.69) is 5.10 Å². The van der Waals surface area contributed by atoms with Crippen LogP contribution in [0.4, 0.5) is 0 Å². The van der Waals surface area contributed by atoms with Gasteiger partial charge in [-0.05, 0) is 25.8 Å². The summed E-state index contributed by atoms with van der Waals surface area (Å²) in [7, 11) is -0.890. The number of aromatic nitrogens is 2. The SMILES string of the molecule is CC(N)CS(=O)Cc1ccn(C2CCCC2)n1. The predicted molar refractivity (Wildman–Crippen MR) is 70.1 cm³/mol. The first kappa shape index (κ1) is 12.8. The minimum Gasteiger partial charge on any atom is -0.327 e. The second-order valence-electron chi connectivity index (χ2n) is 4.95. The molecule has 0 radical (unpaired) electrons. The van der Waals surface area contributed by atoms with Gasteiger partial charge in [0.1, 0.15) is 0 Å². The van der Waals surface area contributed by atoms with Crippen molar-refractivity contribution in [3.8, 4) is 0 Å². The molecule has 2 rings (SSSR count). The third-order valence-corrected chi connectivity index (χ3v) is 4.64. The first-order chi connectivity index (χ1) is 8.15. The van der Waals surface area contributed by atoms with Gasteiger partial charge in [-0.2, -0.15) is 5.10 Å². The Balaban J connectivity index is 1.91. The molecule has 1 aromatic heterocycles. The number of rotatable bonds is 5. The van der Waals surface area contributed by atoms with Crippen LogP contribution in [0.1, 0.15) is 44.3 Å². The third-order valence-electron chi connectivity index (χ3n) is 3.12. The van der Waals surface area contributed by atoms with Crippen molar-refractivity contribution in [1.29, 1.82) is 0 Å². The number of hydrogen-bond donors (Lipinski definition) is 1. The summed E-state index contributed by atoms with van der Waals surface area (Å²) in [5, 5.41) is 4.52. The van der Waals surface area contributed by atoms with Gasteiger partial charge in [-0.15, -0.1) is 0 Å². The Morgan fingerprint density at radius 2 is 2.29 bits per heavy atom. The molecule has 0 bridgehead atoms. The zero-order valence-corrected chi connectivity index (χ0v) is 11.2. The van der Waals surface area contributed by atoms with E-state index in [9.17, 15) is 4.21 Å². The fraction of sp³-hybridized carbons (Fsp3) is 0.750. The Morgan fingerprint density at radius 1 is 1.59 bits per heavy atom. The molecule has 0 aliphatic heterocycles. The Morgan fingerprint density at radius 3 is 2.94 bits per heavy atom. The minimum absolute atomic E-state index is 0.00671. The van der Waals surface area contributed by atoms with E-state index >= 15 is 0 Å². The summed E-state index contributed by atoms with van der Waals surface area (Å²) in [5.74, 6) is 1.08. The van der Waals surface area contributed by atoms with E-state index in [1.807, 2.05) is 23.9 Å². The Kier molecular flexibility index (Phi) is 4.34. The van der Waals surface area contributed by atoms with Crippen LogP contribution in [0, 0.1) is 0 Å². The van der Waals surface area contributed by atoms with Gasteiger partial charge in [-0.25, -0.2) is 0 Å². The lowest BCUT2D eigenvalue weighted by molar-refractivity contribution is 0.464. The van der Waals surface area contributed by atoms with Gasteiger partial charge >= 0.3 is 0 Å². The first-order valence-electron chi connectivity index (χ1n) is 6.30. The Labute approximate surface area is 105 Å². The molecule has 2 atom stereocenters. The molecule has 17 heavy (non-hydrogen) atoms. The average Bonchev–Trinajstić information content (AvgIpc) is 2.84. The summed E-state index contributed by atoms with van der Waals surface area (Å²) in [6.07, 6.45) is 7.08. The largest absolute Gasteiger partial charge is 0.327 e. The number of hydrogen-bond acceptors (Lipinski definition) is 3. The zero-order valence-electron chi connectivity index (χ0n) is 10.3. The van der Waals surface area contributed by atoms with E-state index in [1.165, 1.54) is 25.7 Å². The van der Waals surface area contributed by atoms with Crippen molar-refractivity contribution in [2.75, 3.05) is 5.75 Å². The van der Waals surface area contributed by atoms with Crippen LogP contribution >= 0.6 is 0 Å². The van der Waals surface area contributed by atoms with E-state index in [-0.39, 0.29) is 6.04 Å². The highest BCUT2D eigenvalue weighted by molar-refractivity contribution is 7.84. The molecule has 0 spiro atoms. The van der Waals surface area contributed by atoms with Crippen LogP contribution < -0.4 is 5.73 Å². The average molecular weight is 255 g/mol. The van der Waals surface area contributed by atoms with Gasteiger partial charge in [0.2, 0.25) is 0 Å². The maximum absolute atomic E-state index is 11.7. The fourth-order valence-corrected chi connectivity index (χ4v) is 3.53. The van der Waals surface area contributed by atoms with Crippen LogP contribution in [0.2, 0.25) is 0 Å². The van der Waals surface area contributed by atoms with Gasteiger partial charge in [0.05, 0.1) is 17.5 Å². The molecule has 0 amide bonds. The van der Waals surface area contributed by atoms with Crippen molar-refractivity contribution >= 4 is 10.8 Å². The van der Waals surface area contributed by atoms with Gasteiger partial charge in [0.15, 0.2) is 0 Å². The van der Waals surface area contributed by atoms with E-state index < -0.39 is 10.8 Å². The summed E-state index contributed by atoms with van der Waals surface area (Å²) in [5.41, 5.74) is 6.56. The van der Waals surface area contributed by atoms with Crippen LogP contribution in [-0.2, 0) is 16.6 Å². The number of nitrogens with two attached hydrogens (primary N) is 1. The highest BCUT2D eigenvalue weighted by Crippen LogP contribution is 2.28. The Bertz CT molecular complexity index is 383. The molecule has 1 fully saturated rings. The van der Waals surface area contributed by atoms with Gasteiger partial charge in [0, 0.05) is 28.8 Å². The lowest BCUT2D eigenvalue weighted by Gasteiger charge is -2.09. The highest BCUT2D eigenvalue weighted by Gasteiger charge is 2.17. The number of nitrogens with zero attached hydrogens (tertiary/aromatic N) is 2. The van der Waals surface area contributed by atoms with Gasteiger partial charge < -0.3 is 5.73 Å². The van der Waals surface area contributed by atoms with Crippen LogP contribution in [0.3, 0.4) is 0 Å². The molecule has 2 unspecified atom stereocenters. The second-order valence-corrected chi connectivity index (χ2v) is 6.46. The molecule has 1 aliphatic carbocycles. The molecular weight excluding hydrogens is 234 g/mol. The summed E-state index contributed by atoms with van der Waals surface area (Å²) >= 11 is 0. The maximum atomic E-state index is 11.7. The van der Waals surface area contributed by atoms with E-state index in [0.29, 0.717) is 17.5 Å². The van der Waals surface area contributed by atoms with Gasteiger partial charge in [0.25, 0.3) is 0 Å². The van der Waals surface area contributed by atoms with Crippen LogP contribution in [-0.4, -0.2) is 25.8 Å². The fourth-order valence-electron chi connectivity index (χ4n) is 2.34. The third kappa shape index (κ3) is 3.64. The van der Waals surface area contributed by atoms with Crippen LogP contribution in [0.15, 0.2) is 12.3 Å². The standard InChI is InChI=1S/C12H21N3OS/c1-10(13)8-17(16)9-11-6-7-15(14-11)12-4-2-3-5-12/h6-7,10,12H,2-5,8-9,13H2,1H3. The molecule has 4 nitrogen and oxygen atoms in total. The summed E-state index contributed by atoms with van der Waals surface area (Å²) in [6.45, 7) is 1.88. The molecular formula is C12H21N3OS. The molecule has 2 N–H and O–H groups in total. The minimum atomic E-state index is -0.890. The molecule has 5 heteroatoms. The second kappa shape index (κ2) is 5.78. The quantitative estimate of drug-likeness (QED) is 0.869.